The third-order valence-electron chi connectivity index (χ3n) is 5.98. The quantitative estimate of drug-likeness (QED) is 0.547. The zero-order valence-electron chi connectivity index (χ0n) is 14.3. The average molecular weight is 341 g/mol. The summed E-state index contributed by atoms with van der Waals surface area (Å²) in [4.78, 5) is 2.13. The van der Waals surface area contributed by atoms with E-state index in [0.717, 1.165) is 9.79 Å². The minimum Gasteiger partial charge on any atom is -0.143 e. The summed E-state index contributed by atoms with van der Waals surface area (Å²) in [5.41, 5.74) is 6.45. The van der Waals surface area contributed by atoms with Crippen LogP contribution in [0.5, 0.6) is 0 Å². The van der Waals surface area contributed by atoms with Crippen molar-refractivity contribution in [1.29, 1.82) is 0 Å². The van der Waals surface area contributed by atoms with Crippen LogP contribution < -0.4 is 0 Å². The summed E-state index contributed by atoms with van der Waals surface area (Å²) in [6.07, 6.45) is 2.33. The lowest BCUT2D eigenvalue weighted by molar-refractivity contribution is 0.349. The van der Waals surface area contributed by atoms with E-state index in [0.29, 0.717) is 0 Å². The summed E-state index contributed by atoms with van der Waals surface area (Å²) in [6, 6.07) is 13.5. The summed E-state index contributed by atoms with van der Waals surface area (Å²) in [6.45, 7) is 9.53. The highest BCUT2D eigenvalue weighted by Gasteiger charge is 2.56. The smallest absolute Gasteiger partial charge is 0.0226 e. The van der Waals surface area contributed by atoms with E-state index in [1.807, 2.05) is 0 Å². The molecule has 0 saturated heterocycles. The van der Waals surface area contributed by atoms with Gasteiger partial charge in [0.1, 0.15) is 0 Å². The fourth-order valence-corrected chi connectivity index (χ4v) is 5.73. The van der Waals surface area contributed by atoms with Crippen LogP contribution in [0.15, 0.2) is 46.2 Å². The Labute approximate surface area is 150 Å². The van der Waals surface area contributed by atoms with Gasteiger partial charge in [0.05, 0.1) is 0 Å². The minimum absolute atomic E-state index is 0.106. The molecule has 2 aliphatic rings. The molecule has 2 aromatic rings. The molecule has 2 aromatic carbocycles. The fraction of sp³-hybridized carbons (Fsp3) is 0.429. The molecule has 2 heteroatoms. The van der Waals surface area contributed by atoms with Crippen molar-refractivity contribution in [2.45, 2.75) is 66.6 Å². The lowest BCUT2D eigenvalue weighted by Crippen LogP contribution is -2.27. The SMILES string of the molecule is CC1(C)CC2(CC(C)(C)c3ccc(S)cc32)c2cc(S)ccc21. The van der Waals surface area contributed by atoms with Crippen LogP contribution >= 0.6 is 25.3 Å². The summed E-state index contributed by atoms with van der Waals surface area (Å²) < 4.78 is 0. The van der Waals surface area contributed by atoms with Gasteiger partial charge in [-0.2, -0.15) is 0 Å². The van der Waals surface area contributed by atoms with Gasteiger partial charge in [-0.05, 0) is 70.2 Å². The Morgan fingerprint density at radius 1 is 0.652 bits per heavy atom. The lowest BCUT2D eigenvalue weighted by Gasteiger charge is -2.30. The number of hydrogen-bond donors (Lipinski definition) is 2. The maximum Gasteiger partial charge on any atom is 0.0226 e. The minimum atomic E-state index is 0.106. The number of rotatable bonds is 0. The van der Waals surface area contributed by atoms with Crippen molar-refractivity contribution in [3.63, 3.8) is 0 Å². The Hall–Kier alpha value is -0.860. The molecule has 0 atom stereocenters. The molecule has 0 amide bonds. The molecule has 4 rings (SSSR count). The number of fused-ring (bicyclic) bond motifs is 4. The Morgan fingerprint density at radius 3 is 1.43 bits per heavy atom. The fourth-order valence-electron chi connectivity index (χ4n) is 5.32. The molecule has 0 heterocycles. The number of thiol groups is 2. The molecule has 0 bridgehead atoms. The monoisotopic (exact) mass is 340 g/mol. The van der Waals surface area contributed by atoms with Crippen molar-refractivity contribution in [2.24, 2.45) is 0 Å². The molecule has 23 heavy (non-hydrogen) atoms. The molecule has 0 saturated carbocycles. The standard InChI is InChI=1S/C21H24S2/c1-19(2)11-21(17-9-13(22)5-7-15(17)19)12-20(3,4)16-8-6-14(23)10-18(16)21/h5-10,22-23H,11-12H2,1-4H3. The first-order valence-electron chi connectivity index (χ1n) is 8.34. The second-order valence-electron chi connectivity index (χ2n) is 8.66. The highest BCUT2D eigenvalue weighted by Crippen LogP contribution is 2.63. The van der Waals surface area contributed by atoms with Gasteiger partial charge in [-0.15, -0.1) is 25.3 Å². The Balaban J connectivity index is 2.06. The van der Waals surface area contributed by atoms with Crippen LogP contribution in [0.4, 0.5) is 0 Å². The summed E-state index contributed by atoms with van der Waals surface area (Å²) >= 11 is 9.27. The molecule has 0 fully saturated rings. The van der Waals surface area contributed by atoms with Crippen LogP contribution in [0.3, 0.4) is 0 Å². The highest BCUT2D eigenvalue weighted by atomic mass is 32.1. The van der Waals surface area contributed by atoms with Crippen LogP contribution in [0.1, 0.15) is 62.8 Å². The van der Waals surface area contributed by atoms with E-state index in [4.69, 9.17) is 0 Å². The van der Waals surface area contributed by atoms with Gasteiger partial charge in [-0.1, -0.05) is 39.8 Å². The van der Waals surface area contributed by atoms with Crippen LogP contribution in [0.2, 0.25) is 0 Å². The Bertz CT molecular complexity index is 745. The second kappa shape index (κ2) is 4.61. The summed E-state index contributed by atoms with van der Waals surface area (Å²) in [5, 5.41) is 0. The van der Waals surface area contributed by atoms with Gasteiger partial charge in [-0.3, -0.25) is 0 Å². The van der Waals surface area contributed by atoms with E-state index in [2.05, 4.69) is 89.4 Å². The third-order valence-corrected chi connectivity index (χ3v) is 6.54. The molecule has 0 N–H and O–H groups in total. The van der Waals surface area contributed by atoms with Gasteiger partial charge < -0.3 is 0 Å². The van der Waals surface area contributed by atoms with Crippen molar-refractivity contribution in [3.8, 4) is 0 Å². The summed E-state index contributed by atoms with van der Waals surface area (Å²) in [5.74, 6) is 0. The lowest BCUT2D eigenvalue weighted by atomic mass is 9.72. The zero-order valence-corrected chi connectivity index (χ0v) is 16.1. The molecule has 0 nitrogen and oxygen atoms in total. The molecule has 120 valence electrons. The molecular formula is C21H24S2. The molecule has 1 spiro atoms. The van der Waals surface area contributed by atoms with Crippen molar-refractivity contribution in [2.75, 3.05) is 0 Å². The molecule has 0 radical (unpaired) electrons. The zero-order chi connectivity index (χ0) is 16.6. The van der Waals surface area contributed by atoms with Gasteiger partial charge in [0.2, 0.25) is 0 Å². The number of benzene rings is 2. The normalized spacial score (nSPS) is 22.2. The first-order valence-corrected chi connectivity index (χ1v) is 9.23. The van der Waals surface area contributed by atoms with E-state index in [1.165, 1.54) is 35.1 Å². The predicted molar refractivity (Wildman–Crippen MR) is 103 cm³/mol. The van der Waals surface area contributed by atoms with Crippen molar-refractivity contribution < 1.29 is 0 Å². The maximum atomic E-state index is 4.63. The molecule has 0 aromatic heterocycles. The maximum absolute atomic E-state index is 4.63. The Morgan fingerprint density at radius 2 is 1.04 bits per heavy atom. The largest absolute Gasteiger partial charge is 0.143 e. The van der Waals surface area contributed by atoms with E-state index in [-0.39, 0.29) is 16.2 Å². The van der Waals surface area contributed by atoms with E-state index in [9.17, 15) is 0 Å². The molecule has 0 aliphatic heterocycles. The number of hydrogen-bond acceptors (Lipinski definition) is 2. The van der Waals surface area contributed by atoms with Crippen LogP contribution in [-0.4, -0.2) is 0 Å². The van der Waals surface area contributed by atoms with Gasteiger partial charge in [-0.25, -0.2) is 0 Å². The predicted octanol–water partition coefficient (Wildman–Crippen LogP) is 5.91. The Kier molecular flexibility index (Phi) is 3.14. The first kappa shape index (κ1) is 15.7. The van der Waals surface area contributed by atoms with E-state index < -0.39 is 0 Å². The van der Waals surface area contributed by atoms with Gasteiger partial charge in [0.25, 0.3) is 0 Å². The van der Waals surface area contributed by atoms with Crippen LogP contribution in [0.25, 0.3) is 0 Å². The molecule has 0 unspecified atom stereocenters. The van der Waals surface area contributed by atoms with Crippen LogP contribution in [-0.2, 0) is 16.2 Å². The van der Waals surface area contributed by atoms with Gasteiger partial charge >= 0.3 is 0 Å². The van der Waals surface area contributed by atoms with Gasteiger partial charge in [0, 0.05) is 15.2 Å². The van der Waals surface area contributed by atoms with Crippen molar-refractivity contribution in [3.05, 3.63) is 58.7 Å². The van der Waals surface area contributed by atoms with Crippen molar-refractivity contribution in [1.82, 2.24) is 0 Å². The van der Waals surface area contributed by atoms with E-state index >= 15 is 0 Å². The first-order chi connectivity index (χ1) is 10.7. The van der Waals surface area contributed by atoms with E-state index in [1.54, 1.807) is 0 Å². The molecular weight excluding hydrogens is 316 g/mol. The molecule has 2 aliphatic carbocycles. The van der Waals surface area contributed by atoms with Gasteiger partial charge in [0.15, 0.2) is 0 Å². The second-order valence-corrected chi connectivity index (χ2v) is 9.70. The summed E-state index contributed by atoms with van der Waals surface area (Å²) in [7, 11) is 0. The highest BCUT2D eigenvalue weighted by molar-refractivity contribution is 7.80. The third kappa shape index (κ3) is 2.07. The topological polar surface area (TPSA) is 0 Å². The average Bonchev–Trinajstić information content (AvgIpc) is 2.78. The van der Waals surface area contributed by atoms with Crippen LogP contribution in [0, 0.1) is 0 Å². The van der Waals surface area contributed by atoms with Crippen molar-refractivity contribution >= 4 is 25.3 Å².